The molecule has 1 saturated heterocycles. The molecular formula is C19H21FN4O2. The molecule has 0 spiro atoms. The molecule has 0 bridgehead atoms. The van der Waals surface area contributed by atoms with Crippen LogP contribution in [0.2, 0.25) is 0 Å². The van der Waals surface area contributed by atoms with Crippen LogP contribution in [0.25, 0.3) is 0 Å². The van der Waals surface area contributed by atoms with Crippen molar-refractivity contribution in [1.82, 2.24) is 4.90 Å². The van der Waals surface area contributed by atoms with Crippen molar-refractivity contribution in [2.24, 2.45) is 5.10 Å². The molecule has 1 N–H and O–H groups in total. The molecule has 1 heterocycles. The van der Waals surface area contributed by atoms with Gasteiger partial charge in [-0.2, -0.15) is 5.10 Å². The summed E-state index contributed by atoms with van der Waals surface area (Å²) in [7, 11) is 0. The molecule has 6 nitrogen and oxygen atoms in total. The van der Waals surface area contributed by atoms with E-state index >= 15 is 0 Å². The third kappa shape index (κ3) is 5.10. The number of nitro groups is 1. The molecule has 0 amide bonds. The average molecular weight is 356 g/mol. The summed E-state index contributed by atoms with van der Waals surface area (Å²) in [6.07, 6.45) is 2.63. The topological polar surface area (TPSA) is 70.8 Å². The smallest absolute Gasteiger partial charge is 0.271 e. The van der Waals surface area contributed by atoms with E-state index in [1.54, 1.807) is 12.1 Å². The van der Waals surface area contributed by atoms with Crippen molar-refractivity contribution in [1.29, 1.82) is 0 Å². The Hall–Kier alpha value is -2.80. The number of piperidine rings is 1. The Morgan fingerprint density at radius 2 is 1.88 bits per heavy atom. The largest absolute Gasteiger partial charge is 0.302 e. The molecule has 2 aromatic rings. The molecule has 0 aliphatic carbocycles. The summed E-state index contributed by atoms with van der Waals surface area (Å²) < 4.78 is 12.9. The van der Waals surface area contributed by atoms with Crippen LogP contribution in [0.5, 0.6) is 0 Å². The Morgan fingerprint density at radius 1 is 1.15 bits per heavy atom. The lowest BCUT2D eigenvalue weighted by atomic mass is 10.1. The van der Waals surface area contributed by atoms with Gasteiger partial charge in [0.15, 0.2) is 0 Å². The van der Waals surface area contributed by atoms with E-state index in [2.05, 4.69) is 15.4 Å². The van der Waals surface area contributed by atoms with Crippen molar-refractivity contribution in [3.63, 3.8) is 0 Å². The first-order valence-corrected chi connectivity index (χ1v) is 8.63. The first kappa shape index (κ1) is 18.0. The van der Waals surface area contributed by atoms with Crippen molar-refractivity contribution in [2.75, 3.05) is 25.1 Å². The maximum Gasteiger partial charge on any atom is 0.271 e. The van der Waals surface area contributed by atoms with Crippen molar-refractivity contribution < 1.29 is 9.31 Å². The van der Waals surface area contributed by atoms with Gasteiger partial charge in [0.05, 0.1) is 10.6 Å². The second-order valence-electron chi connectivity index (χ2n) is 6.32. The minimum atomic E-state index is -0.419. The molecule has 0 atom stereocenters. The van der Waals surface area contributed by atoms with E-state index < -0.39 is 4.92 Å². The lowest BCUT2D eigenvalue weighted by Gasteiger charge is -2.27. The van der Waals surface area contributed by atoms with Crippen LogP contribution in [0.1, 0.15) is 18.4 Å². The van der Waals surface area contributed by atoms with E-state index in [0.717, 1.165) is 50.2 Å². The zero-order valence-corrected chi connectivity index (χ0v) is 14.4. The number of hydrogen-bond acceptors (Lipinski definition) is 5. The highest BCUT2D eigenvalue weighted by Crippen LogP contribution is 2.17. The standard InChI is InChI=1S/C19H21FN4O2/c20-16-6-4-15(5-7-16)8-11-23-12-9-17(10-13-23)21-22-18-2-1-3-19(14-18)24(25)26/h1-7,14,22H,8-13H2. The summed E-state index contributed by atoms with van der Waals surface area (Å²) in [4.78, 5) is 12.7. The van der Waals surface area contributed by atoms with Crippen LogP contribution >= 0.6 is 0 Å². The maximum absolute atomic E-state index is 12.9. The number of likely N-dealkylation sites (tertiary alicyclic amines) is 1. The Kier molecular flexibility index (Phi) is 5.91. The summed E-state index contributed by atoms with van der Waals surface area (Å²) in [5, 5.41) is 15.2. The fourth-order valence-corrected chi connectivity index (χ4v) is 2.92. The SMILES string of the molecule is O=[N+]([O-])c1cccc(NN=C2CCN(CCc3ccc(F)cc3)CC2)c1. The number of nitrogens with zero attached hydrogens (tertiary/aromatic N) is 3. The molecule has 7 heteroatoms. The van der Waals surface area contributed by atoms with Crippen LogP contribution in [0, 0.1) is 15.9 Å². The summed E-state index contributed by atoms with van der Waals surface area (Å²) in [5.74, 6) is -0.205. The first-order valence-electron chi connectivity index (χ1n) is 8.63. The third-order valence-corrected chi connectivity index (χ3v) is 4.46. The number of non-ortho nitro benzene ring substituents is 1. The number of rotatable bonds is 6. The molecule has 1 aliphatic heterocycles. The number of hydrogen-bond donors (Lipinski definition) is 1. The molecular weight excluding hydrogens is 335 g/mol. The molecule has 0 radical (unpaired) electrons. The van der Waals surface area contributed by atoms with E-state index in [-0.39, 0.29) is 11.5 Å². The molecule has 2 aromatic carbocycles. The number of nitro benzene ring substituents is 1. The summed E-state index contributed by atoms with van der Waals surface area (Å²) in [6.45, 7) is 2.80. The maximum atomic E-state index is 12.9. The van der Waals surface area contributed by atoms with Crippen molar-refractivity contribution in [3.05, 3.63) is 70.0 Å². The Labute approximate surface area is 151 Å². The zero-order chi connectivity index (χ0) is 18.4. The van der Waals surface area contributed by atoms with Gasteiger partial charge in [-0.15, -0.1) is 0 Å². The second-order valence-corrected chi connectivity index (χ2v) is 6.32. The molecule has 1 fully saturated rings. The summed E-state index contributed by atoms with van der Waals surface area (Å²) in [5.41, 5.74) is 5.78. The summed E-state index contributed by atoms with van der Waals surface area (Å²) in [6, 6.07) is 13.0. The zero-order valence-electron chi connectivity index (χ0n) is 14.4. The minimum absolute atomic E-state index is 0.0470. The van der Waals surface area contributed by atoms with Crippen molar-refractivity contribution in [2.45, 2.75) is 19.3 Å². The van der Waals surface area contributed by atoms with Crippen molar-refractivity contribution >= 4 is 17.1 Å². The fraction of sp³-hybridized carbons (Fsp3) is 0.316. The second kappa shape index (κ2) is 8.53. The van der Waals surface area contributed by atoms with E-state index in [1.165, 1.54) is 24.3 Å². The number of anilines is 1. The lowest BCUT2D eigenvalue weighted by molar-refractivity contribution is -0.384. The van der Waals surface area contributed by atoms with Crippen LogP contribution in [-0.4, -0.2) is 35.2 Å². The predicted molar refractivity (Wildman–Crippen MR) is 99.9 cm³/mol. The average Bonchev–Trinajstić information content (AvgIpc) is 2.67. The van der Waals surface area contributed by atoms with Crippen LogP contribution in [0.3, 0.4) is 0 Å². The van der Waals surface area contributed by atoms with Crippen molar-refractivity contribution in [3.8, 4) is 0 Å². The van der Waals surface area contributed by atoms with Gasteiger partial charge in [-0.3, -0.25) is 15.5 Å². The van der Waals surface area contributed by atoms with Gasteiger partial charge in [-0.25, -0.2) is 4.39 Å². The normalized spacial score (nSPS) is 14.9. The molecule has 136 valence electrons. The number of benzene rings is 2. The van der Waals surface area contributed by atoms with Gasteiger partial charge in [-0.1, -0.05) is 18.2 Å². The highest BCUT2D eigenvalue weighted by molar-refractivity contribution is 5.86. The minimum Gasteiger partial charge on any atom is -0.302 e. The third-order valence-electron chi connectivity index (χ3n) is 4.46. The molecule has 26 heavy (non-hydrogen) atoms. The monoisotopic (exact) mass is 356 g/mol. The lowest BCUT2D eigenvalue weighted by Crippen LogP contribution is -2.35. The highest BCUT2D eigenvalue weighted by atomic mass is 19.1. The van der Waals surface area contributed by atoms with Gasteiger partial charge in [0.2, 0.25) is 0 Å². The Bertz CT molecular complexity index is 782. The van der Waals surface area contributed by atoms with E-state index in [1.807, 2.05) is 12.1 Å². The van der Waals surface area contributed by atoms with Crippen LogP contribution < -0.4 is 5.43 Å². The number of halogens is 1. The van der Waals surface area contributed by atoms with Crippen LogP contribution in [0.15, 0.2) is 53.6 Å². The molecule has 0 saturated carbocycles. The van der Waals surface area contributed by atoms with Gasteiger partial charge in [0.25, 0.3) is 5.69 Å². The first-order chi connectivity index (χ1) is 12.6. The van der Waals surface area contributed by atoms with E-state index in [9.17, 15) is 14.5 Å². The Balaban J connectivity index is 1.45. The molecule has 3 rings (SSSR count). The van der Waals surface area contributed by atoms with E-state index in [4.69, 9.17) is 0 Å². The van der Waals surface area contributed by atoms with Crippen LogP contribution in [-0.2, 0) is 6.42 Å². The highest BCUT2D eigenvalue weighted by Gasteiger charge is 2.15. The predicted octanol–water partition coefficient (Wildman–Crippen LogP) is 3.84. The number of nitrogens with one attached hydrogen (secondary N) is 1. The van der Waals surface area contributed by atoms with Gasteiger partial charge in [-0.05, 0) is 30.2 Å². The molecule has 0 unspecified atom stereocenters. The fourth-order valence-electron chi connectivity index (χ4n) is 2.92. The Morgan fingerprint density at radius 3 is 2.58 bits per heavy atom. The van der Waals surface area contributed by atoms with Gasteiger partial charge in [0, 0.05) is 50.3 Å². The van der Waals surface area contributed by atoms with Gasteiger partial charge >= 0.3 is 0 Å². The molecule has 0 aromatic heterocycles. The quantitative estimate of drug-likeness (QED) is 0.631. The number of hydrazone groups is 1. The van der Waals surface area contributed by atoms with Gasteiger partial charge in [0.1, 0.15) is 5.82 Å². The van der Waals surface area contributed by atoms with Gasteiger partial charge < -0.3 is 4.90 Å². The van der Waals surface area contributed by atoms with E-state index in [0.29, 0.717) is 5.69 Å². The molecule has 1 aliphatic rings. The van der Waals surface area contributed by atoms with Crippen LogP contribution in [0.4, 0.5) is 15.8 Å². The summed E-state index contributed by atoms with van der Waals surface area (Å²) >= 11 is 0.